The zero-order valence-electron chi connectivity index (χ0n) is 12.7. The van der Waals surface area contributed by atoms with Crippen LogP contribution in [0.15, 0.2) is 42.6 Å². The summed E-state index contributed by atoms with van der Waals surface area (Å²) in [5.41, 5.74) is 1.02. The smallest absolute Gasteiger partial charge is 0.308 e. The Balaban J connectivity index is 2.38. The van der Waals surface area contributed by atoms with Crippen LogP contribution in [0.1, 0.15) is 33.3 Å². The van der Waals surface area contributed by atoms with Crippen molar-refractivity contribution in [2.24, 2.45) is 0 Å². The lowest BCUT2D eigenvalue weighted by molar-refractivity contribution is -0.132. The summed E-state index contributed by atoms with van der Waals surface area (Å²) >= 11 is 0. The number of aromatic nitrogens is 1. The van der Waals surface area contributed by atoms with Crippen molar-refractivity contribution in [1.29, 1.82) is 0 Å². The van der Waals surface area contributed by atoms with Gasteiger partial charge in [-0.15, -0.1) is 0 Å². The van der Waals surface area contributed by atoms with Gasteiger partial charge in [0.05, 0.1) is 0 Å². The van der Waals surface area contributed by atoms with E-state index < -0.39 is 0 Å². The fourth-order valence-electron chi connectivity index (χ4n) is 1.81. The molecule has 0 saturated carbocycles. The number of benzene rings is 1. The first-order chi connectivity index (χ1) is 9.86. The molecule has 1 aromatic carbocycles. The van der Waals surface area contributed by atoms with Crippen LogP contribution in [0.25, 0.3) is 0 Å². The van der Waals surface area contributed by atoms with Gasteiger partial charge >= 0.3 is 5.97 Å². The number of ether oxygens (including phenoxy) is 2. The van der Waals surface area contributed by atoms with E-state index in [9.17, 15) is 4.79 Å². The maximum absolute atomic E-state index is 11.3. The predicted octanol–water partition coefficient (Wildman–Crippen LogP) is 4.10. The number of rotatable bonds is 3. The van der Waals surface area contributed by atoms with Gasteiger partial charge in [0.15, 0.2) is 11.5 Å². The van der Waals surface area contributed by atoms with Gasteiger partial charge in [-0.3, -0.25) is 4.79 Å². The molecule has 0 aliphatic heterocycles. The van der Waals surface area contributed by atoms with Crippen molar-refractivity contribution in [2.75, 3.05) is 0 Å². The molecular weight excluding hydrogens is 266 g/mol. The molecule has 0 radical (unpaired) electrons. The highest BCUT2D eigenvalue weighted by atomic mass is 16.6. The van der Waals surface area contributed by atoms with E-state index in [0.29, 0.717) is 17.4 Å². The van der Waals surface area contributed by atoms with E-state index >= 15 is 0 Å². The maximum Gasteiger partial charge on any atom is 0.308 e. The minimum absolute atomic E-state index is 0.0432. The summed E-state index contributed by atoms with van der Waals surface area (Å²) in [7, 11) is 0. The van der Waals surface area contributed by atoms with Gasteiger partial charge in [0.1, 0.15) is 0 Å². The standard InChI is InChI=1S/C17H19NO3/c1-12(19)20-15-11-13(17(2,3)4)8-9-14(15)21-16-7-5-6-10-18-16/h5-11H,1-4H3. The quantitative estimate of drug-likeness (QED) is 0.629. The molecule has 2 rings (SSSR count). The molecule has 110 valence electrons. The number of carbonyl (C=O) groups is 1. The second-order valence-corrected chi connectivity index (χ2v) is 5.78. The number of carbonyl (C=O) groups excluding carboxylic acids is 1. The summed E-state index contributed by atoms with van der Waals surface area (Å²) in [5, 5.41) is 0. The lowest BCUT2D eigenvalue weighted by Crippen LogP contribution is -2.12. The van der Waals surface area contributed by atoms with E-state index in [-0.39, 0.29) is 11.4 Å². The Kier molecular flexibility index (Phi) is 4.26. The highest BCUT2D eigenvalue weighted by molar-refractivity contribution is 5.70. The van der Waals surface area contributed by atoms with Gasteiger partial charge in [0.25, 0.3) is 0 Å². The molecular formula is C17H19NO3. The third kappa shape index (κ3) is 4.05. The van der Waals surface area contributed by atoms with Crippen LogP contribution < -0.4 is 9.47 Å². The normalized spacial score (nSPS) is 11.0. The van der Waals surface area contributed by atoms with Gasteiger partial charge in [0, 0.05) is 19.2 Å². The molecule has 0 amide bonds. The van der Waals surface area contributed by atoms with Crippen LogP contribution in [0, 0.1) is 0 Å². The van der Waals surface area contributed by atoms with Crippen molar-refractivity contribution in [3.8, 4) is 17.4 Å². The van der Waals surface area contributed by atoms with Crippen molar-refractivity contribution in [3.63, 3.8) is 0 Å². The molecule has 1 aromatic heterocycles. The topological polar surface area (TPSA) is 48.4 Å². The number of nitrogens with zero attached hydrogens (tertiary/aromatic N) is 1. The number of hydrogen-bond donors (Lipinski definition) is 0. The fraction of sp³-hybridized carbons (Fsp3) is 0.294. The number of hydrogen-bond acceptors (Lipinski definition) is 4. The molecule has 1 heterocycles. The van der Waals surface area contributed by atoms with Gasteiger partial charge in [0.2, 0.25) is 5.88 Å². The van der Waals surface area contributed by atoms with Crippen molar-refractivity contribution in [3.05, 3.63) is 48.2 Å². The Morgan fingerprint density at radius 1 is 1.10 bits per heavy atom. The summed E-state index contributed by atoms with van der Waals surface area (Å²) in [4.78, 5) is 15.4. The van der Waals surface area contributed by atoms with Gasteiger partial charge in [-0.1, -0.05) is 32.9 Å². The largest absolute Gasteiger partial charge is 0.435 e. The van der Waals surface area contributed by atoms with E-state index in [1.54, 1.807) is 18.3 Å². The van der Waals surface area contributed by atoms with E-state index in [1.165, 1.54) is 6.92 Å². The average molecular weight is 285 g/mol. The molecule has 4 nitrogen and oxygen atoms in total. The average Bonchev–Trinajstić information content (AvgIpc) is 2.40. The Morgan fingerprint density at radius 3 is 2.43 bits per heavy atom. The third-order valence-corrected chi connectivity index (χ3v) is 2.92. The maximum atomic E-state index is 11.3. The van der Waals surface area contributed by atoms with Crippen LogP contribution in [-0.2, 0) is 10.2 Å². The molecule has 0 N–H and O–H groups in total. The highest BCUT2D eigenvalue weighted by Crippen LogP contribution is 2.35. The third-order valence-electron chi connectivity index (χ3n) is 2.92. The Hall–Kier alpha value is -2.36. The Bertz CT molecular complexity index is 630. The van der Waals surface area contributed by atoms with Gasteiger partial charge in [-0.2, -0.15) is 0 Å². The van der Waals surface area contributed by atoms with E-state index in [4.69, 9.17) is 9.47 Å². The number of esters is 1. The van der Waals surface area contributed by atoms with Crippen LogP contribution in [0.5, 0.6) is 17.4 Å². The van der Waals surface area contributed by atoms with E-state index in [0.717, 1.165) is 5.56 Å². The van der Waals surface area contributed by atoms with Crippen LogP contribution in [0.2, 0.25) is 0 Å². The SMILES string of the molecule is CC(=O)Oc1cc(C(C)(C)C)ccc1Oc1ccccn1. The summed E-state index contributed by atoms with van der Waals surface area (Å²) in [6.45, 7) is 7.66. The summed E-state index contributed by atoms with van der Waals surface area (Å²) < 4.78 is 11.0. The molecule has 0 aliphatic rings. The van der Waals surface area contributed by atoms with Crippen molar-refractivity contribution >= 4 is 5.97 Å². The summed E-state index contributed by atoms with van der Waals surface area (Å²) in [6.07, 6.45) is 1.64. The monoisotopic (exact) mass is 285 g/mol. The molecule has 0 aliphatic carbocycles. The first kappa shape index (κ1) is 15.0. The lowest BCUT2D eigenvalue weighted by Gasteiger charge is -2.20. The van der Waals surface area contributed by atoms with Gasteiger partial charge < -0.3 is 9.47 Å². The van der Waals surface area contributed by atoms with Crippen LogP contribution in [-0.4, -0.2) is 11.0 Å². The second-order valence-electron chi connectivity index (χ2n) is 5.78. The molecule has 0 fully saturated rings. The fourth-order valence-corrected chi connectivity index (χ4v) is 1.81. The second kappa shape index (κ2) is 5.95. The lowest BCUT2D eigenvalue weighted by atomic mass is 9.87. The minimum atomic E-state index is -0.382. The van der Waals surface area contributed by atoms with E-state index in [2.05, 4.69) is 25.8 Å². The Morgan fingerprint density at radius 2 is 1.86 bits per heavy atom. The molecule has 0 atom stereocenters. The molecule has 0 unspecified atom stereocenters. The van der Waals surface area contributed by atoms with Crippen LogP contribution in [0.3, 0.4) is 0 Å². The zero-order valence-corrected chi connectivity index (χ0v) is 12.7. The Labute approximate surface area is 124 Å². The summed E-state index contributed by atoms with van der Waals surface area (Å²) in [5.74, 6) is 0.943. The van der Waals surface area contributed by atoms with Crippen molar-refractivity contribution in [2.45, 2.75) is 33.1 Å². The molecule has 0 bridgehead atoms. The minimum Gasteiger partial charge on any atom is -0.435 e. The van der Waals surface area contributed by atoms with Crippen LogP contribution >= 0.6 is 0 Å². The number of pyridine rings is 1. The van der Waals surface area contributed by atoms with E-state index in [1.807, 2.05) is 24.3 Å². The summed E-state index contributed by atoms with van der Waals surface area (Å²) in [6, 6.07) is 11.0. The van der Waals surface area contributed by atoms with Crippen molar-refractivity contribution < 1.29 is 14.3 Å². The molecule has 4 heteroatoms. The molecule has 21 heavy (non-hydrogen) atoms. The molecule has 0 saturated heterocycles. The predicted molar refractivity (Wildman–Crippen MR) is 80.8 cm³/mol. The zero-order chi connectivity index (χ0) is 15.5. The first-order valence-electron chi connectivity index (χ1n) is 6.78. The molecule has 0 spiro atoms. The molecule has 2 aromatic rings. The van der Waals surface area contributed by atoms with Gasteiger partial charge in [-0.05, 0) is 29.2 Å². The van der Waals surface area contributed by atoms with Crippen molar-refractivity contribution in [1.82, 2.24) is 4.98 Å². The van der Waals surface area contributed by atoms with Crippen LogP contribution in [0.4, 0.5) is 0 Å². The highest BCUT2D eigenvalue weighted by Gasteiger charge is 2.18. The van der Waals surface area contributed by atoms with Gasteiger partial charge in [-0.25, -0.2) is 4.98 Å². The first-order valence-corrected chi connectivity index (χ1v) is 6.78.